The molecule has 1 heterocycles. The highest BCUT2D eigenvalue weighted by molar-refractivity contribution is 5.85. The molecule has 0 aromatic heterocycles. The van der Waals surface area contributed by atoms with Crippen molar-refractivity contribution in [3.05, 3.63) is 70.8 Å². The van der Waals surface area contributed by atoms with E-state index in [4.69, 9.17) is 0 Å². The molecular weight excluding hydrogens is 416 g/mol. The number of hydrogen-bond acceptors (Lipinski definition) is 3. The second-order valence-electron chi connectivity index (χ2n) is 9.27. The largest absolute Gasteiger partial charge is 0.352 e. The van der Waals surface area contributed by atoms with Crippen LogP contribution in [0.4, 0.5) is 4.79 Å². The highest BCUT2D eigenvalue weighted by Crippen LogP contribution is 2.33. The van der Waals surface area contributed by atoms with Crippen LogP contribution in [-0.4, -0.2) is 41.9 Å². The minimum Gasteiger partial charge on any atom is -0.352 e. The van der Waals surface area contributed by atoms with Gasteiger partial charge >= 0.3 is 6.03 Å². The maximum Gasteiger partial charge on any atom is 0.318 e. The summed E-state index contributed by atoms with van der Waals surface area (Å²) in [6, 6.07) is 15.6. The number of urea groups is 1. The van der Waals surface area contributed by atoms with Crippen molar-refractivity contribution >= 4 is 17.8 Å². The molecule has 0 spiro atoms. The summed E-state index contributed by atoms with van der Waals surface area (Å²) >= 11 is 0. The van der Waals surface area contributed by atoms with Gasteiger partial charge in [0.2, 0.25) is 11.8 Å². The van der Waals surface area contributed by atoms with Crippen LogP contribution in [0, 0.1) is 25.7 Å². The molecule has 0 bridgehead atoms. The van der Waals surface area contributed by atoms with E-state index in [1.807, 2.05) is 44.2 Å². The van der Waals surface area contributed by atoms with Crippen LogP contribution < -0.4 is 16.0 Å². The molecular formula is C26H32N4O3. The van der Waals surface area contributed by atoms with Crippen molar-refractivity contribution in [3.8, 4) is 0 Å². The van der Waals surface area contributed by atoms with Crippen LogP contribution in [0.3, 0.4) is 0 Å². The minimum atomic E-state index is -0.252. The molecule has 2 fully saturated rings. The van der Waals surface area contributed by atoms with Crippen LogP contribution in [0.25, 0.3) is 0 Å². The van der Waals surface area contributed by atoms with Gasteiger partial charge in [0.05, 0.1) is 0 Å². The minimum absolute atomic E-state index is 0.0123. The number of fused-ring (bicyclic) bond motifs is 1. The first-order valence-corrected chi connectivity index (χ1v) is 11.6. The van der Waals surface area contributed by atoms with E-state index in [1.54, 1.807) is 4.90 Å². The van der Waals surface area contributed by atoms with Gasteiger partial charge in [-0.3, -0.25) is 9.59 Å². The Morgan fingerprint density at radius 3 is 2.61 bits per heavy atom. The Morgan fingerprint density at radius 1 is 1.03 bits per heavy atom. The Balaban J connectivity index is 1.33. The van der Waals surface area contributed by atoms with E-state index in [2.05, 4.69) is 34.1 Å². The van der Waals surface area contributed by atoms with Crippen molar-refractivity contribution in [1.82, 2.24) is 20.9 Å². The van der Waals surface area contributed by atoms with E-state index in [0.717, 1.165) is 16.7 Å². The lowest BCUT2D eigenvalue weighted by Gasteiger charge is -2.23. The van der Waals surface area contributed by atoms with Crippen LogP contribution >= 0.6 is 0 Å². The summed E-state index contributed by atoms with van der Waals surface area (Å²) in [6.07, 6.45) is 1.26. The quantitative estimate of drug-likeness (QED) is 0.657. The van der Waals surface area contributed by atoms with E-state index in [-0.39, 0.29) is 42.3 Å². The van der Waals surface area contributed by atoms with E-state index in [1.165, 1.54) is 5.56 Å². The van der Waals surface area contributed by atoms with Crippen molar-refractivity contribution in [1.29, 1.82) is 0 Å². The Bertz CT molecular complexity index is 1020. The summed E-state index contributed by atoms with van der Waals surface area (Å²) < 4.78 is 0. The fraction of sp³-hybridized carbons (Fsp3) is 0.423. The Hall–Kier alpha value is -3.35. The third-order valence-electron chi connectivity index (χ3n) is 6.73. The molecule has 0 unspecified atom stereocenters. The Morgan fingerprint density at radius 2 is 1.82 bits per heavy atom. The molecule has 4 amide bonds. The first-order valence-electron chi connectivity index (χ1n) is 11.6. The maximum absolute atomic E-state index is 12.9. The number of amides is 4. The lowest BCUT2D eigenvalue weighted by atomic mass is 10.0. The standard InChI is InChI=1S/C26H32N4O3/c1-17-8-9-18(2)21(10-17)14-27-25(32)20-11-22-15-30(16-24(31)29-23(22)12-20)26(33)28-13-19-6-4-3-5-7-19/h3-10,20,22-23H,11-16H2,1-2H3,(H,27,32)(H,28,33)(H,29,31)/t20-,22+,23+/m0/s1. The summed E-state index contributed by atoms with van der Waals surface area (Å²) in [6.45, 7) is 5.50. The zero-order valence-corrected chi connectivity index (χ0v) is 19.3. The van der Waals surface area contributed by atoms with Gasteiger partial charge in [0.1, 0.15) is 6.54 Å². The highest BCUT2D eigenvalue weighted by Gasteiger charge is 2.42. The van der Waals surface area contributed by atoms with Crippen LogP contribution in [0.5, 0.6) is 0 Å². The van der Waals surface area contributed by atoms with Gasteiger partial charge in [-0.1, -0.05) is 54.1 Å². The molecule has 0 radical (unpaired) electrons. The molecule has 1 aliphatic heterocycles. The zero-order valence-electron chi connectivity index (χ0n) is 19.3. The summed E-state index contributed by atoms with van der Waals surface area (Å²) in [5.74, 6) is -0.264. The van der Waals surface area contributed by atoms with E-state index in [0.29, 0.717) is 32.5 Å². The number of nitrogens with one attached hydrogen (secondary N) is 3. The van der Waals surface area contributed by atoms with Gasteiger partial charge < -0.3 is 20.9 Å². The van der Waals surface area contributed by atoms with Crippen molar-refractivity contribution in [2.75, 3.05) is 13.1 Å². The number of rotatable bonds is 5. The van der Waals surface area contributed by atoms with Gasteiger partial charge in [0, 0.05) is 31.6 Å². The number of aryl methyl sites for hydroxylation is 2. The van der Waals surface area contributed by atoms with Gasteiger partial charge in [-0.25, -0.2) is 4.79 Å². The molecule has 2 aromatic rings. The van der Waals surface area contributed by atoms with Crippen LogP contribution in [0.2, 0.25) is 0 Å². The average Bonchev–Trinajstić information content (AvgIpc) is 3.12. The third kappa shape index (κ3) is 5.72. The van der Waals surface area contributed by atoms with E-state index >= 15 is 0 Å². The van der Waals surface area contributed by atoms with Crippen molar-refractivity contribution in [2.24, 2.45) is 11.8 Å². The summed E-state index contributed by atoms with van der Waals surface area (Å²) in [5, 5.41) is 9.01. The molecule has 3 atom stereocenters. The monoisotopic (exact) mass is 448 g/mol. The SMILES string of the molecule is Cc1ccc(C)c(CNC(=O)[C@H]2C[C@@H]3CN(C(=O)NCc4ccccc4)CC(=O)N[C@@H]3C2)c1. The molecule has 33 heavy (non-hydrogen) atoms. The van der Waals surface area contributed by atoms with E-state index in [9.17, 15) is 14.4 Å². The second-order valence-corrected chi connectivity index (χ2v) is 9.27. The van der Waals surface area contributed by atoms with Crippen molar-refractivity contribution in [2.45, 2.75) is 45.8 Å². The van der Waals surface area contributed by atoms with Crippen LogP contribution in [-0.2, 0) is 22.7 Å². The normalized spacial score (nSPS) is 22.2. The number of carbonyl (C=O) groups excluding carboxylic acids is 3. The number of nitrogens with zero attached hydrogens (tertiary/aromatic N) is 1. The summed E-state index contributed by atoms with van der Waals surface area (Å²) in [7, 11) is 0. The Kier molecular flexibility index (Phi) is 6.96. The first-order chi connectivity index (χ1) is 15.9. The molecule has 1 aliphatic carbocycles. The van der Waals surface area contributed by atoms with Gasteiger partial charge in [0.25, 0.3) is 0 Å². The smallest absolute Gasteiger partial charge is 0.318 e. The lowest BCUT2D eigenvalue weighted by Crippen LogP contribution is -2.44. The molecule has 1 saturated heterocycles. The molecule has 4 rings (SSSR count). The van der Waals surface area contributed by atoms with Crippen molar-refractivity contribution in [3.63, 3.8) is 0 Å². The molecule has 7 nitrogen and oxygen atoms in total. The fourth-order valence-corrected chi connectivity index (χ4v) is 4.85. The lowest BCUT2D eigenvalue weighted by molar-refractivity contribution is -0.125. The Labute approximate surface area is 194 Å². The fourth-order valence-electron chi connectivity index (χ4n) is 4.85. The summed E-state index contributed by atoms with van der Waals surface area (Å²) in [4.78, 5) is 39.6. The van der Waals surface area contributed by atoms with E-state index < -0.39 is 0 Å². The molecule has 7 heteroatoms. The predicted octanol–water partition coefficient (Wildman–Crippen LogP) is 2.66. The third-order valence-corrected chi connectivity index (χ3v) is 6.73. The zero-order chi connectivity index (χ0) is 23.4. The molecule has 3 N–H and O–H groups in total. The molecule has 2 aliphatic rings. The van der Waals surface area contributed by atoms with Crippen molar-refractivity contribution < 1.29 is 14.4 Å². The molecule has 1 saturated carbocycles. The number of hydrogen-bond donors (Lipinski definition) is 3. The van der Waals surface area contributed by atoms with Crippen LogP contribution in [0.15, 0.2) is 48.5 Å². The number of carbonyl (C=O) groups is 3. The van der Waals surface area contributed by atoms with Gasteiger partial charge in [-0.15, -0.1) is 0 Å². The highest BCUT2D eigenvalue weighted by atomic mass is 16.2. The van der Waals surface area contributed by atoms with Gasteiger partial charge in [-0.2, -0.15) is 0 Å². The topological polar surface area (TPSA) is 90.5 Å². The summed E-state index contributed by atoms with van der Waals surface area (Å²) in [5.41, 5.74) is 4.44. The number of benzene rings is 2. The van der Waals surface area contributed by atoms with Gasteiger partial charge in [0.15, 0.2) is 0 Å². The van der Waals surface area contributed by atoms with Gasteiger partial charge in [-0.05, 0) is 49.3 Å². The second kappa shape index (κ2) is 10.1. The predicted molar refractivity (Wildman–Crippen MR) is 126 cm³/mol. The molecule has 2 aromatic carbocycles. The molecule has 174 valence electrons. The maximum atomic E-state index is 12.9. The average molecular weight is 449 g/mol. The van der Waals surface area contributed by atoms with Crippen LogP contribution in [0.1, 0.15) is 35.1 Å². The first kappa shape index (κ1) is 22.8.